The molecular formula is C11H15ClN2. The third-order valence-corrected chi connectivity index (χ3v) is 3.24. The molecule has 0 bridgehead atoms. The normalized spacial score (nSPS) is 17.9. The Morgan fingerprint density at radius 2 is 2.29 bits per heavy atom. The third-order valence-electron chi connectivity index (χ3n) is 3.03. The van der Waals surface area contributed by atoms with Gasteiger partial charge in [0.15, 0.2) is 0 Å². The Kier molecular flexibility index (Phi) is 2.64. The Morgan fingerprint density at radius 1 is 1.57 bits per heavy atom. The summed E-state index contributed by atoms with van der Waals surface area (Å²) in [6, 6.07) is 4.53. The molecule has 0 saturated heterocycles. The molecule has 1 aliphatic carbocycles. The van der Waals surface area contributed by atoms with Gasteiger partial charge in [-0.1, -0.05) is 11.6 Å². The molecule has 0 aliphatic heterocycles. The molecule has 2 nitrogen and oxygen atoms in total. The van der Waals surface area contributed by atoms with Crippen molar-refractivity contribution in [2.24, 2.45) is 5.92 Å². The van der Waals surface area contributed by atoms with Crippen molar-refractivity contribution < 1.29 is 0 Å². The Balaban J connectivity index is 2.13. The van der Waals surface area contributed by atoms with Crippen LogP contribution in [0.2, 0.25) is 5.15 Å². The number of nitrogens with zero attached hydrogens (tertiary/aromatic N) is 2. The number of pyridine rings is 1. The lowest BCUT2D eigenvalue weighted by Crippen LogP contribution is -2.30. The molecular weight excluding hydrogens is 196 g/mol. The fourth-order valence-corrected chi connectivity index (χ4v) is 1.91. The smallest absolute Gasteiger partial charge is 0.131 e. The van der Waals surface area contributed by atoms with E-state index in [0.717, 1.165) is 11.6 Å². The van der Waals surface area contributed by atoms with E-state index in [2.05, 4.69) is 23.9 Å². The summed E-state index contributed by atoms with van der Waals surface area (Å²) in [6.45, 7) is 2.27. The molecule has 1 aliphatic rings. The minimum Gasteiger partial charge on any atom is -0.371 e. The fraction of sp³-hybridized carbons (Fsp3) is 0.545. The van der Waals surface area contributed by atoms with Crippen molar-refractivity contribution in [2.45, 2.75) is 25.8 Å². The maximum atomic E-state index is 5.85. The molecule has 1 fully saturated rings. The summed E-state index contributed by atoms with van der Waals surface area (Å²) >= 11 is 5.85. The lowest BCUT2D eigenvalue weighted by atomic mass is 10.2. The predicted octanol–water partition coefficient (Wildman–Crippen LogP) is 2.97. The molecule has 1 unspecified atom stereocenters. The summed E-state index contributed by atoms with van der Waals surface area (Å²) in [5, 5.41) is 0.567. The molecule has 0 aromatic carbocycles. The second kappa shape index (κ2) is 3.77. The first kappa shape index (κ1) is 9.78. The first-order chi connectivity index (χ1) is 6.68. The lowest BCUT2D eigenvalue weighted by molar-refractivity contribution is 0.609. The van der Waals surface area contributed by atoms with E-state index in [9.17, 15) is 0 Å². The van der Waals surface area contributed by atoms with Crippen LogP contribution in [0.5, 0.6) is 0 Å². The molecule has 76 valence electrons. The molecule has 1 saturated carbocycles. The Bertz CT molecular complexity index is 323. The van der Waals surface area contributed by atoms with Crippen LogP contribution in [0, 0.1) is 5.92 Å². The largest absolute Gasteiger partial charge is 0.371 e. The molecule has 0 radical (unpaired) electrons. The summed E-state index contributed by atoms with van der Waals surface area (Å²) in [6.07, 6.45) is 4.49. The topological polar surface area (TPSA) is 16.1 Å². The van der Waals surface area contributed by atoms with Gasteiger partial charge in [0.2, 0.25) is 0 Å². The lowest BCUT2D eigenvalue weighted by Gasteiger charge is -2.26. The molecule has 0 N–H and O–H groups in total. The van der Waals surface area contributed by atoms with E-state index < -0.39 is 0 Å². The molecule has 14 heavy (non-hydrogen) atoms. The van der Waals surface area contributed by atoms with Crippen LogP contribution in [0.15, 0.2) is 18.3 Å². The maximum Gasteiger partial charge on any atom is 0.131 e. The predicted molar refractivity (Wildman–Crippen MR) is 59.8 cm³/mol. The van der Waals surface area contributed by atoms with E-state index >= 15 is 0 Å². The van der Waals surface area contributed by atoms with Gasteiger partial charge in [-0.3, -0.25) is 0 Å². The van der Waals surface area contributed by atoms with Gasteiger partial charge in [-0.25, -0.2) is 4.98 Å². The molecule has 1 heterocycles. The zero-order chi connectivity index (χ0) is 10.1. The van der Waals surface area contributed by atoms with Crippen molar-refractivity contribution in [3.8, 4) is 0 Å². The van der Waals surface area contributed by atoms with Gasteiger partial charge in [0.1, 0.15) is 5.15 Å². The number of aromatic nitrogens is 1. The second-order valence-electron chi connectivity index (χ2n) is 4.03. The summed E-state index contributed by atoms with van der Waals surface area (Å²) in [5.41, 5.74) is 1.16. The molecule has 1 aromatic rings. The highest BCUT2D eigenvalue weighted by molar-refractivity contribution is 6.29. The molecule has 3 heteroatoms. The van der Waals surface area contributed by atoms with Gasteiger partial charge in [0.25, 0.3) is 0 Å². The van der Waals surface area contributed by atoms with Crippen LogP contribution < -0.4 is 4.90 Å². The van der Waals surface area contributed by atoms with Gasteiger partial charge in [-0.05, 0) is 37.8 Å². The standard InChI is InChI=1S/C11H15ClN2/c1-8(9-3-4-9)14(2)10-5-6-13-11(12)7-10/h5-9H,3-4H2,1-2H3. The van der Waals surface area contributed by atoms with Gasteiger partial charge >= 0.3 is 0 Å². The number of hydrogen-bond acceptors (Lipinski definition) is 2. The Morgan fingerprint density at radius 3 is 2.86 bits per heavy atom. The van der Waals surface area contributed by atoms with Crippen molar-refractivity contribution in [3.05, 3.63) is 23.5 Å². The molecule has 1 atom stereocenters. The van der Waals surface area contributed by atoms with E-state index in [0.29, 0.717) is 11.2 Å². The first-order valence-electron chi connectivity index (χ1n) is 5.03. The first-order valence-corrected chi connectivity index (χ1v) is 5.40. The zero-order valence-electron chi connectivity index (χ0n) is 8.57. The quantitative estimate of drug-likeness (QED) is 0.714. The van der Waals surface area contributed by atoms with Crippen molar-refractivity contribution in [2.75, 3.05) is 11.9 Å². The maximum absolute atomic E-state index is 5.85. The average Bonchev–Trinajstić information content (AvgIpc) is 2.99. The Hall–Kier alpha value is -0.760. The number of anilines is 1. The summed E-state index contributed by atoms with van der Waals surface area (Å²) < 4.78 is 0. The highest BCUT2D eigenvalue weighted by atomic mass is 35.5. The molecule has 0 amide bonds. The average molecular weight is 211 g/mol. The number of hydrogen-bond donors (Lipinski definition) is 0. The number of halogens is 1. The minimum atomic E-state index is 0.567. The van der Waals surface area contributed by atoms with E-state index in [1.165, 1.54) is 12.8 Å². The van der Waals surface area contributed by atoms with E-state index in [1.54, 1.807) is 6.20 Å². The van der Waals surface area contributed by atoms with Crippen LogP contribution in [0.4, 0.5) is 5.69 Å². The van der Waals surface area contributed by atoms with Crippen LogP contribution in [0.3, 0.4) is 0 Å². The van der Waals surface area contributed by atoms with Gasteiger partial charge < -0.3 is 4.90 Å². The van der Waals surface area contributed by atoms with Crippen molar-refractivity contribution in [3.63, 3.8) is 0 Å². The molecule has 1 aromatic heterocycles. The number of rotatable bonds is 3. The Labute approximate surface area is 89.9 Å². The minimum absolute atomic E-state index is 0.567. The van der Waals surface area contributed by atoms with Crippen molar-refractivity contribution in [1.82, 2.24) is 4.98 Å². The monoisotopic (exact) mass is 210 g/mol. The van der Waals surface area contributed by atoms with E-state index in [1.807, 2.05) is 12.1 Å². The van der Waals surface area contributed by atoms with Gasteiger partial charge in [0, 0.05) is 25.0 Å². The van der Waals surface area contributed by atoms with E-state index in [4.69, 9.17) is 11.6 Å². The zero-order valence-corrected chi connectivity index (χ0v) is 9.33. The van der Waals surface area contributed by atoms with Crippen LogP contribution in [-0.4, -0.2) is 18.1 Å². The highest BCUT2D eigenvalue weighted by Gasteiger charge is 2.30. The summed E-state index contributed by atoms with van der Waals surface area (Å²) in [7, 11) is 2.12. The van der Waals surface area contributed by atoms with Crippen LogP contribution in [-0.2, 0) is 0 Å². The molecule has 2 rings (SSSR count). The summed E-state index contributed by atoms with van der Waals surface area (Å²) in [4.78, 5) is 6.26. The van der Waals surface area contributed by atoms with Crippen molar-refractivity contribution >= 4 is 17.3 Å². The van der Waals surface area contributed by atoms with Crippen molar-refractivity contribution in [1.29, 1.82) is 0 Å². The van der Waals surface area contributed by atoms with Crippen LogP contribution in [0.25, 0.3) is 0 Å². The summed E-state index contributed by atoms with van der Waals surface area (Å²) in [5.74, 6) is 0.868. The van der Waals surface area contributed by atoms with E-state index in [-0.39, 0.29) is 0 Å². The van der Waals surface area contributed by atoms with Crippen LogP contribution in [0.1, 0.15) is 19.8 Å². The highest BCUT2D eigenvalue weighted by Crippen LogP contribution is 2.36. The van der Waals surface area contributed by atoms with Crippen LogP contribution >= 0.6 is 11.6 Å². The second-order valence-corrected chi connectivity index (χ2v) is 4.41. The van der Waals surface area contributed by atoms with Gasteiger partial charge in [-0.2, -0.15) is 0 Å². The SMILES string of the molecule is CC(C1CC1)N(C)c1ccnc(Cl)c1. The third kappa shape index (κ3) is 2.01. The molecule has 0 spiro atoms. The fourth-order valence-electron chi connectivity index (χ4n) is 1.74. The van der Waals surface area contributed by atoms with Gasteiger partial charge in [0.05, 0.1) is 0 Å². The van der Waals surface area contributed by atoms with Gasteiger partial charge in [-0.15, -0.1) is 0 Å².